The molecular formula is C11H11ClN6S. The first-order chi connectivity index (χ1) is 9.29. The monoisotopic (exact) mass is 294 g/mol. The quantitative estimate of drug-likeness (QED) is 0.848. The lowest BCUT2D eigenvalue weighted by Gasteiger charge is -2.32. The molecule has 19 heavy (non-hydrogen) atoms. The Balaban J connectivity index is 1.72. The lowest BCUT2D eigenvalue weighted by Crippen LogP contribution is -2.34. The van der Waals surface area contributed by atoms with Crippen LogP contribution in [0, 0.1) is 11.3 Å². The van der Waals surface area contributed by atoms with Gasteiger partial charge >= 0.3 is 0 Å². The highest BCUT2D eigenvalue weighted by Crippen LogP contribution is 2.34. The molecule has 0 spiro atoms. The number of aromatic nitrogens is 4. The van der Waals surface area contributed by atoms with Crippen LogP contribution >= 0.6 is 23.1 Å². The first-order valence-corrected chi connectivity index (χ1v) is 7.10. The molecule has 0 saturated carbocycles. The molecule has 2 aromatic heterocycles. The molecule has 0 atom stereocenters. The smallest absolute Gasteiger partial charge is 0.162 e. The predicted octanol–water partition coefficient (Wildman–Crippen LogP) is 2.10. The predicted molar refractivity (Wildman–Crippen MR) is 72.3 cm³/mol. The van der Waals surface area contributed by atoms with Crippen LogP contribution in [0.4, 0.5) is 5.00 Å². The van der Waals surface area contributed by atoms with Gasteiger partial charge in [0, 0.05) is 19.3 Å². The summed E-state index contributed by atoms with van der Waals surface area (Å²) in [4.78, 5) is 2.18. The van der Waals surface area contributed by atoms with Crippen molar-refractivity contribution in [3.05, 3.63) is 23.1 Å². The zero-order valence-corrected chi connectivity index (χ0v) is 11.6. The minimum atomic E-state index is 0.306. The van der Waals surface area contributed by atoms with Gasteiger partial charge in [0.15, 0.2) is 5.15 Å². The highest BCUT2D eigenvalue weighted by Gasteiger charge is 2.25. The summed E-state index contributed by atoms with van der Waals surface area (Å²) < 4.78 is 5.95. The summed E-state index contributed by atoms with van der Waals surface area (Å²) in [5, 5.41) is 18.2. The van der Waals surface area contributed by atoms with Crippen molar-refractivity contribution in [1.29, 1.82) is 5.26 Å². The second-order valence-electron chi connectivity index (χ2n) is 4.37. The van der Waals surface area contributed by atoms with E-state index in [0.717, 1.165) is 30.9 Å². The fourth-order valence-electron chi connectivity index (χ4n) is 2.32. The summed E-state index contributed by atoms with van der Waals surface area (Å²) in [6.45, 7) is 1.75. The standard InChI is InChI=1S/C11H11ClN6S/c12-10-9(7-13)11(19-15-10)17-4-1-8(2-5-17)18-6-3-14-16-18/h3,6,8H,1-2,4-5H2. The first kappa shape index (κ1) is 12.4. The molecule has 1 saturated heterocycles. The number of hydrogen-bond acceptors (Lipinski definition) is 6. The summed E-state index contributed by atoms with van der Waals surface area (Å²) in [6.07, 6.45) is 5.54. The van der Waals surface area contributed by atoms with Gasteiger partial charge in [0.1, 0.15) is 16.6 Å². The van der Waals surface area contributed by atoms with Crippen molar-refractivity contribution in [1.82, 2.24) is 19.4 Å². The summed E-state index contributed by atoms with van der Waals surface area (Å²) >= 11 is 7.19. The molecule has 0 aliphatic carbocycles. The number of nitriles is 1. The van der Waals surface area contributed by atoms with Crippen molar-refractivity contribution in [2.24, 2.45) is 0 Å². The van der Waals surface area contributed by atoms with Gasteiger partial charge in [-0.2, -0.15) is 9.64 Å². The number of hydrogen-bond donors (Lipinski definition) is 0. The van der Waals surface area contributed by atoms with E-state index >= 15 is 0 Å². The molecule has 1 aliphatic rings. The van der Waals surface area contributed by atoms with Crippen LogP contribution in [0.1, 0.15) is 24.4 Å². The van der Waals surface area contributed by atoms with Gasteiger partial charge in [0.05, 0.1) is 12.2 Å². The first-order valence-electron chi connectivity index (χ1n) is 5.95. The second kappa shape index (κ2) is 5.15. The lowest BCUT2D eigenvalue weighted by atomic mass is 10.1. The van der Waals surface area contributed by atoms with Gasteiger partial charge in [-0.05, 0) is 24.4 Å². The fourth-order valence-corrected chi connectivity index (χ4v) is 3.40. The van der Waals surface area contributed by atoms with E-state index in [0.29, 0.717) is 16.8 Å². The van der Waals surface area contributed by atoms with Crippen LogP contribution in [-0.2, 0) is 0 Å². The molecule has 0 aromatic carbocycles. The summed E-state index contributed by atoms with van der Waals surface area (Å²) in [7, 11) is 0. The van der Waals surface area contributed by atoms with E-state index in [4.69, 9.17) is 16.9 Å². The van der Waals surface area contributed by atoms with Gasteiger partial charge in [-0.3, -0.25) is 0 Å². The van der Waals surface area contributed by atoms with E-state index in [2.05, 4.69) is 25.7 Å². The summed E-state index contributed by atoms with van der Waals surface area (Å²) in [6, 6.07) is 2.51. The van der Waals surface area contributed by atoms with Gasteiger partial charge in [-0.1, -0.05) is 16.8 Å². The molecule has 0 N–H and O–H groups in total. The molecule has 98 valence electrons. The Hall–Kier alpha value is -1.65. The van der Waals surface area contributed by atoms with Crippen LogP contribution in [0.15, 0.2) is 12.4 Å². The summed E-state index contributed by atoms with van der Waals surface area (Å²) in [5.41, 5.74) is 0.492. The molecule has 2 aromatic rings. The molecule has 1 fully saturated rings. The third kappa shape index (κ3) is 2.29. The Morgan fingerprint density at radius 1 is 1.42 bits per heavy atom. The number of rotatable bonds is 2. The molecule has 8 heteroatoms. The highest BCUT2D eigenvalue weighted by atomic mass is 35.5. The Kier molecular flexibility index (Phi) is 3.36. The SMILES string of the molecule is N#Cc1c(Cl)nsc1N1CCC(n2ccnn2)CC1. The molecular weight excluding hydrogens is 284 g/mol. The molecule has 3 rings (SSSR count). The second-order valence-corrected chi connectivity index (χ2v) is 5.48. The van der Waals surface area contributed by atoms with Crippen LogP contribution in [0.3, 0.4) is 0 Å². The van der Waals surface area contributed by atoms with E-state index in [-0.39, 0.29) is 0 Å². The van der Waals surface area contributed by atoms with Gasteiger partial charge in [-0.15, -0.1) is 5.10 Å². The molecule has 0 amide bonds. The topological polar surface area (TPSA) is 70.6 Å². The van der Waals surface area contributed by atoms with Crippen molar-refractivity contribution in [2.75, 3.05) is 18.0 Å². The van der Waals surface area contributed by atoms with Crippen LogP contribution in [-0.4, -0.2) is 32.5 Å². The third-order valence-electron chi connectivity index (χ3n) is 3.31. The van der Waals surface area contributed by atoms with Crippen molar-refractivity contribution < 1.29 is 0 Å². The normalized spacial score (nSPS) is 16.5. The van der Waals surface area contributed by atoms with Crippen molar-refractivity contribution >= 4 is 28.1 Å². The lowest BCUT2D eigenvalue weighted by molar-refractivity contribution is 0.361. The average molecular weight is 295 g/mol. The van der Waals surface area contributed by atoms with Crippen LogP contribution in [0.2, 0.25) is 5.15 Å². The van der Waals surface area contributed by atoms with E-state index < -0.39 is 0 Å². The largest absolute Gasteiger partial charge is 0.361 e. The number of piperidine rings is 1. The summed E-state index contributed by atoms with van der Waals surface area (Å²) in [5.74, 6) is 0. The van der Waals surface area contributed by atoms with Gasteiger partial charge in [-0.25, -0.2) is 4.68 Å². The minimum absolute atomic E-state index is 0.306. The van der Waals surface area contributed by atoms with Crippen LogP contribution in [0.5, 0.6) is 0 Å². The number of nitrogens with zero attached hydrogens (tertiary/aromatic N) is 6. The Bertz CT molecular complexity index is 593. The van der Waals surface area contributed by atoms with Crippen molar-refractivity contribution in [2.45, 2.75) is 18.9 Å². The molecule has 3 heterocycles. The van der Waals surface area contributed by atoms with Crippen LogP contribution in [0.25, 0.3) is 0 Å². The number of halogens is 1. The zero-order chi connectivity index (χ0) is 13.2. The molecule has 0 bridgehead atoms. The molecule has 0 unspecified atom stereocenters. The van der Waals surface area contributed by atoms with E-state index in [9.17, 15) is 0 Å². The van der Waals surface area contributed by atoms with Crippen LogP contribution < -0.4 is 4.90 Å². The van der Waals surface area contributed by atoms with Gasteiger partial charge in [0.2, 0.25) is 0 Å². The molecule has 1 aliphatic heterocycles. The highest BCUT2D eigenvalue weighted by molar-refractivity contribution is 7.10. The van der Waals surface area contributed by atoms with Gasteiger partial charge < -0.3 is 4.90 Å². The van der Waals surface area contributed by atoms with Crippen molar-refractivity contribution in [3.63, 3.8) is 0 Å². The Morgan fingerprint density at radius 3 is 2.84 bits per heavy atom. The molecule has 6 nitrogen and oxygen atoms in total. The minimum Gasteiger partial charge on any atom is -0.361 e. The van der Waals surface area contributed by atoms with E-state index in [1.807, 2.05) is 10.9 Å². The zero-order valence-electron chi connectivity index (χ0n) is 10.0. The number of anilines is 1. The Morgan fingerprint density at radius 2 is 2.21 bits per heavy atom. The van der Waals surface area contributed by atoms with E-state index in [1.54, 1.807) is 6.20 Å². The van der Waals surface area contributed by atoms with E-state index in [1.165, 1.54) is 11.5 Å². The maximum Gasteiger partial charge on any atom is 0.162 e. The fraction of sp³-hybridized carbons (Fsp3) is 0.455. The van der Waals surface area contributed by atoms with Gasteiger partial charge in [0.25, 0.3) is 0 Å². The van der Waals surface area contributed by atoms with Crippen molar-refractivity contribution in [3.8, 4) is 6.07 Å². The third-order valence-corrected chi connectivity index (χ3v) is 4.59. The maximum absolute atomic E-state index is 9.10. The maximum atomic E-state index is 9.10. The molecule has 0 radical (unpaired) electrons. The Labute approximate surface area is 119 Å². The average Bonchev–Trinajstić information content (AvgIpc) is 3.08.